The number of hydrogen-bond acceptors (Lipinski definition) is 1. The van der Waals surface area contributed by atoms with E-state index >= 15 is 0 Å². The van der Waals surface area contributed by atoms with Gasteiger partial charge in [0.2, 0.25) is 0 Å². The second-order valence-electron chi connectivity index (χ2n) is 4.87. The molecule has 3 nitrogen and oxygen atoms in total. The van der Waals surface area contributed by atoms with Crippen molar-refractivity contribution in [3.63, 3.8) is 0 Å². The molecule has 0 radical (unpaired) electrons. The third kappa shape index (κ3) is 1.82. The molecule has 1 N–H and O–H groups in total. The van der Waals surface area contributed by atoms with Gasteiger partial charge >= 0.3 is 0 Å². The molecule has 0 saturated heterocycles. The van der Waals surface area contributed by atoms with Gasteiger partial charge in [0.25, 0.3) is 0 Å². The molecule has 2 heterocycles. The average molecular weight is 203 g/mol. The average Bonchev–Trinajstić information content (AvgIpc) is 2.68. The Labute approximate surface area is 90.1 Å². The van der Waals surface area contributed by atoms with Gasteiger partial charge in [-0.05, 0) is 18.2 Å². The van der Waals surface area contributed by atoms with E-state index in [1.54, 1.807) is 0 Å². The van der Waals surface area contributed by atoms with E-state index in [1.807, 2.05) is 30.1 Å². The summed E-state index contributed by atoms with van der Waals surface area (Å²) >= 11 is 0. The number of hydrogen-bond donors (Lipinski definition) is 1. The van der Waals surface area contributed by atoms with E-state index in [9.17, 15) is 0 Å². The molecule has 0 fully saturated rings. The molecule has 80 valence electrons. The van der Waals surface area contributed by atoms with Crippen LogP contribution in [0.3, 0.4) is 0 Å². The van der Waals surface area contributed by atoms with E-state index in [0.717, 1.165) is 11.4 Å². The molecule has 0 saturated carbocycles. The topological polar surface area (TPSA) is 33.6 Å². The largest absolute Gasteiger partial charge is 0.360 e. The van der Waals surface area contributed by atoms with Gasteiger partial charge in [-0.3, -0.25) is 4.68 Å². The lowest BCUT2D eigenvalue weighted by molar-refractivity contribution is 0.523. The summed E-state index contributed by atoms with van der Waals surface area (Å²) < 4.78 is 1.95. The summed E-state index contributed by atoms with van der Waals surface area (Å²) in [5.41, 5.74) is 3.45. The fraction of sp³-hybridized carbons (Fsp3) is 0.417. The maximum atomic E-state index is 4.50. The molecule has 0 aliphatic heterocycles. The molecule has 0 spiro atoms. The highest BCUT2D eigenvalue weighted by Gasteiger charge is 2.19. The summed E-state index contributed by atoms with van der Waals surface area (Å²) in [5.74, 6) is 0. The number of rotatable bonds is 1. The maximum absolute atomic E-state index is 4.50. The van der Waals surface area contributed by atoms with Crippen molar-refractivity contribution < 1.29 is 0 Å². The molecule has 2 aromatic heterocycles. The molecule has 0 aliphatic rings. The highest BCUT2D eigenvalue weighted by atomic mass is 15.3. The Bertz CT molecular complexity index is 444. The van der Waals surface area contributed by atoms with Crippen molar-refractivity contribution in [3.05, 3.63) is 30.1 Å². The fourth-order valence-corrected chi connectivity index (χ4v) is 1.79. The summed E-state index contributed by atoms with van der Waals surface area (Å²) in [7, 11) is 1.99. The number of H-pyrrole nitrogens is 1. The minimum Gasteiger partial charge on any atom is -0.360 e. The first kappa shape index (κ1) is 10.0. The van der Waals surface area contributed by atoms with Crippen LogP contribution in [-0.4, -0.2) is 14.8 Å². The smallest absolute Gasteiger partial charge is 0.109 e. The zero-order valence-electron chi connectivity index (χ0n) is 9.70. The molecular formula is C12H17N3. The van der Waals surface area contributed by atoms with Crippen LogP contribution in [0, 0.1) is 0 Å². The van der Waals surface area contributed by atoms with Crippen molar-refractivity contribution in [1.82, 2.24) is 14.8 Å². The van der Waals surface area contributed by atoms with Gasteiger partial charge < -0.3 is 4.98 Å². The van der Waals surface area contributed by atoms with Gasteiger partial charge in [0.1, 0.15) is 5.69 Å². The van der Waals surface area contributed by atoms with Crippen molar-refractivity contribution in [2.24, 2.45) is 7.05 Å². The Morgan fingerprint density at radius 2 is 2.07 bits per heavy atom. The predicted molar refractivity (Wildman–Crippen MR) is 61.7 cm³/mol. The molecule has 15 heavy (non-hydrogen) atoms. The van der Waals surface area contributed by atoms with Crippen molar-refractivity contribution in [2.45, 2.75) is 26.2 Å². The van der Waals surface area contributed by atoms with Crippen LogP contribution in [0.15, 0.2) is 24.4 Å². The first-order valence-corrected chi connectivity index (χ1v) is 5.17. The second-order valence-corrected chi connectivity index (χ2v) is 4.87. The summed E-state index contributed by atoms with van der Waals surface area (Å²) in [6.07, 6.45) is 1.92. The number of aromatic amines is 1. The molecule has 2 rings (SSSR count). The molecule has 0 aliphatic carbocycles. The lowest BCUT2D eigenvalue weighted by Gasteiger charge is -2.17. The third-order valence-electron chi connectivity index (χ3n) is 2.52. The van der Waals surface area contributed by atoms with E-state index < -0.39 is 0 Å². The van der Waals surface area contributed by atoms with Crippen LogP contribution in [0.25, 0.3) is 11.4 Å². The van der Waals surface area contributed by atoms with Crippen molar-refractivity contribution in [1.29, 1.82) is 0 Å². The van der Waals surface area contributed by atoms with Crippen LogP contribution in [0.2, 0.25) is 0 Å². The van der Waals surface area contributed by atoms with Crippen LogP contribution in [0.4, 0.5) is 0 Å². The Morgan fingerprint density at radius 1 is 1.33 bits per heavy atom. The highest BCUT2D eigenvalue weighted by molar-refractivity contribution is 5.55. The zero-order chi connectivity index (χ0) is 11.1. The predicted octanol–water partition coefficient (Wildman–Crippen LogP) is 2.71. The molecule has 3 heteroatoms. The monoisotopic (exact) mass is 203 g/mol. The van der Waals surface area contributed by atoms with Gasteiger partial charge in [0.15, 0.2) is 0 Å². The lowest BCUT2D eigenvalue weighted by atomic mass is 9.92. The maximum Gasteiger partial charge on any atom is 0.109 e. The van der Waals surface area contributed by atoms with Gasteiger partial charge in [0, 0.05) is 24.4 Å². The van der Waals surface area contributed by atoms with Gasteiger partial charge in [-0.1, -0.05) is 20.8 Å². The number of nitrogens with zero attached hydrogens (tertiary/aromatic N) is 2. The minimum absolute atomic E-state index is 0.132. The summed E-state index contributed by atoms with van der Waals surface area (Å²) in [6, 6.07) is 6.17. The molecule has 0 bridgehead atoms. The van der Waals surface area contributed by atoms with E-state index in [0.29, 0.717) is 0 Å². The SMILES string of the molecule is Cn1nc(-c2ccc[nH]2)cc1C(C)(C)C. The second kappa shape index (κ2) is 3.26. The Hall–Kier alpha value is -1.51. The van der Waals surface area contributed by atoms with Crippen LogP contribution in [0.1, 0.15) is 26.5 Å². The minimum atomic E-state index is 0.132. The highest BCUT2D eigenvalue weighted by Crippen LogP contribution is 2.25. The Morgan fingerprint density at radius 3 is 2.53 bits per heavy atom. The van der Waals surface area contributed by atoms with Gasteiger partial charge in [-0.15, -0.1) is 0 Å². The normalized spacial score (nSPS) is 12.0. The fourth-order valence-electron chi connectivity index (χ4n) is 1.79. The van der Waals surface area contributed by atoms with Gasteiger partial charge in [-0.2, -0.15) is 5.10 Å². The van der Waals surface area contributed by atoms with Crippen LogP contribution in [-0.2, 0) is 12.5 Å². The zero-order valence-corrected chi connectivity index (χ0v) is 9.70. The summed E-state index contributed by atoms with van der Waals surface area (Å²) in [4.78, 5) is 3.17. The number of aryl methyl sites for hydroxylation is 1. The van der Waals surface area contributed by atoms with Crippen LogP contribution < -0.4 is 0 Å². The summed E-state index contributed by atoms with van der Waals surface area (Å²) in [5, 5.41) is 4.50. The quantitative estimate of drug-likeness (QED) is 0.759. The van der Waals surface area contributed by atoms with Crippen LogP contribution in [0.5, 0.6) is 0 Å². The first-order valence-electron chi connectivity index (χ1n) is 5.17. The van der Waals surface area contributed by atoms with Crippen molar-refractivity contribution in [3.8, 4) is 11.4 Å². The molecule has 0 aromatic carbocycles. The lowest BCUT2D eigenvalue weighted by Crippen LogP contribution is -2.16. The molecule has 0 amide bonds. The third-order valence-corrected chi connectivity index (χ3v) is 2.52. The van der Waals surface area contributed by atoms with Crippen LogP contribution >= 0.6 is 0 Å². The van der Waals surface area contributed by atoms with Crippen molar-refractivity contribution in [2.75, 3.05) is 0 Å². The van der Waals surface area contributed by atoms with E-state index in [-0.39, 0.29) is 5.41 Å². The van der Waals surface area contributed by atoms with E-state index in [2.05, 4.69) is 36.9 Å². The molecule has 0 atom stereocenters. The number of nitrogens with one attached hydrogen (secondary N) is 1. The Balaban J connectivity index is 2.47. The first-order chi connectivity index (χ1) is 6.98. The molecular weight excluding hydrogens is 186 g/mol. The standard InChI is InChI=1S/C12H17N3/c1-12(2,3)11-8-10(14-15(11)4)9-6-5-7-13-9/h5-8,13H,1-4H3. The van der Waals surface area contributed by atoms with E-state index in [4.69, 9.17) is 0 Å². The summed E-state index contributed by atoms with van der Waals surface area (Å²) in [6.45, 7) is 6.59. The molecule has 2 aromatic rings. The Kier molecular flexibility index (Phi) is 2.18. The van der Waals surface area contributed by atoms with Crippen molar-refractivity contribution >= 4 is 0 Å². The number of aromatic nitrogens is 3. The van der Waals surface area contributed by atoms with Gasteiger partial charge in [-0.25, -0.2) is 0 Å². The molecule has 0 unspecified atom stereocenters. The van der Waals surface area contributed by atoms with E-state index in [1.165, 1.54) is 5.69 Å². The van der Waals surface area contributed by atoms with Gasteiger partial charge in [0.05, 0.1) is 5.69 Å².